The van der Waals surface area contributed by atoms with Crippen LogP contribution < -0.4 is 16.0 Å². The molecule has 1 aromatic carbocycles. The lowest BCUT2D eigenvalue weighted by atomic mass is 10.1. The molecule has 11 nitrogen and oxygen atoms in total. The summed E-state index contributed by atoms with van der Waals surface area (Å²) in [6.07, 6.45) is -4.95. The van der Waals surface area contributed by atoms with Crippen LogP contribution in [0.25, 0.3) is 11.2 Å². The van der Waals surface area contributed by atoms with E-state index in [9.17, 15) is 20.1 Å². The van der Waals surface area contributed by atoms with Gasteiger partial charge in [0.25, 0.3) is 5.56 Å². The summed E-state index contributed by atoms with van der Waals surface area (Å²) >= 11 is 0. The minimum atomic E-state index is -1.41. The second-order valence-electron chi connectivity index (χ2n) is 6.77. The summed E-state index contributed by atoms with van der Waals surface area (Å²) in [5, 5.41) is 30.0. The van der Waals surface area contributed by atoms with Crippen LogP contribution in [0.2, 0.25) is 0 Å². The van der Waals surface area contributed by atoms with Gasteiger partial charge in [0, 0.05) is 7.05 Å². The van der Waals surface area contributed by atoms with Crippen LogP contribution in [-0.2, 0) is 18.4 Å². The molecule has 3 aromatic rings. The summed E-state index contributed by atoms with van der Waals surface area (Å²) in [6, 6.07) is 9.25. The van der Waals surface area contributed by atoms with Gasteiger partial charge in [-0.3, -0.25) is 9.36 Å². The molecule has 1 aliphatic rings. The molecule has 0 aliphatic carbocycles. The summed E-state index contributed by atoms with van der Waals surface area (Å²) in [4.78, 5) is 21.0. The molecule has 29 heavy (non-hydrogen) atoms. The van der Waals surface area contributed by atoms with E-state index in [0.29, 0.717) is 0 Å². The third kappa shape index (κ3) is 3.23. The van der Waals surface area contributed by atoms with Gasteiger partial charge in [-0.1, -0.05) is 30.3 Å². The molecule has 5 N–H and O–H groups in total. The number of aromatic nitrogens is 4. The van der Waals surface area contributed by atoms with E-state index in [1.165, 1.54) is 11.6 Å². The van der Waals surface area contributed by atoms with Crippen LogP contribution in [0.5, 0.6) is 6.01 Å². The van der Waals surface area contributed by atoms with E-state index in [1.807, 2.05) is 30.3 Å². The number of rotatable bonds is 5. The Bertz CT molecular complexity index is 1080. The molecule has 4 atom stereocenters. The van der Waals surface area contributed by atoms with Gasteiger partial charge in [-0.05, 0) is 5.56 Å². The normalized spacial score (nSPS) is 24.3. The SMILES string of the molecule is Cn1c(N)nc2c(nc(OCc3ccccc3)n2[C@@H]2O[C@H](CO)[C@@H](O)[C@H]2O)c1=O. The maximum absolute atomic E-state index is 12.6. The molecule has 154 valence electrons. The molecule has 0 radical (unpaired) electrons. The Balaban J connectivity index is 1.82. The summed E-state index contributed by atoms with van der Waals surface area (Å²) < 4.78 is 13.8. The highest BCUT2D eigenvalue weighted by Crippen LogP contribution is 2.35. The highest BCUT2D eigenvalue weighted by molar-refractivity contribution is 5.73. The standard InChI is InChI=1S/C18H21N5O6/c1-22-15(27)11-14(21-17(22)19)23(16-13(26)12(25)10(7-24)29-16)18(20-11)28-8-9-5-3-2-4-6-9/h2-6,10,12-13,16,24-26H,7-8H2,1H3,(H2,19,21)/t10-,12-,13-,16-/m1/s1. The minimum Gasteiger partial charge on any atom is -0.460 e. The van der Waals surface area contributed by atoms with Crippen molar-refractivity contribution in [2.24, 2.45) is 7.05 Å². The number of benzene rings is 1. The zero-order valence-electron chi connectivity index (χ0n) is 15.5. The van der Waals surface area contributed by atoms with Gasteiger partial charge in [0.05, 0.1) is 6.61 Å². The quantitative estimate of drug-likeness (QED) is 0.415. The fourth-order valence-corrected chi connectivity index (χ4v) is 3.25. The Kier molecular flexibility index (Phi) is 4.96. The third-order valence-corrected chi connectivity index (χ3v) is 4.91. The van der Waals surface area contributed by atoms with Crippen LogP contribution in [0.1, 0.15) is 11.8 Å². The average molecular weight is 403 g/mol. The van der Waals surface area contributed by atoms with Gasteiger partial charge in [0.1, 0.15) is 24.9 Å². The molecule has 0 spiro atoms. The summed E-state index contributed by atoms with van der Waals surface area (Å²) in [5.74, 6) is -0.0648. The van der Waals surface area contributed by atoms with Crippen molar-refractivity contribution in [3.05, 3.63) is 46.2 Å². The van der Waals surface area contributed by atoms with Crippen molar-refractivity contribution in [3.63, 3.8) is 0 Å². The topological polar surface area (TPSA) is 158 Å². The first-order valence-corrected chi connectivity index (χ1v) is 8.96. The number of fused-ring (bicyclic) bond motifs is 1. The first-order valence-electron chi connectivity index (χ1n) is 8.96. The van der Waals surface area contributed by atoms with Crippen molar-refractivity contribution >= 4 is 17.1 Å². The van der Waals surface area contributed by atoms with Crippen LogP contribution in [0.4, 0.5) is 5.95 Å². The Morgan fingerprint density at radius 2 is 1.93 bits per heavy atom. The number of aliphatic hydroxyl groups excluding tert-OH is 3. The zero-order chi connectivity index (χ0) is 20.7. The van der Waals surface area contributed by atoms with Gasteiger partial charge in [-0.2, -0.15) is 9.97 Å². The average Bonchev–Trinajstić information content (AvgIpc) is 3.22. The van der Waals surface area contributed by atoms with Gasteiger partial charge in [0.15, 0.2) is 17.4 Å². The molecule has 4 rings (SSSR count). The number of anilines is 1. The molecular weight excluding hydrogens is 382 g/mol. The van der Waals surface area contributed by atoms with Gasteiger partial charge in [0.2, 0.25) is 5.95 Å². The van der Waals surface area contributed by atoms with Crippen LogP contribution in [0, 0.1) is 0 Å². The van der Waals surface area contributed by atoms with Crippen molar-refractivity contribution < 1.29 is 24.8 Å². The van der Waals surface area contributed by atoms with Crippen molar-refractivity contribution in [1.29, 1.82) is 0 Å². The number of aliphatic hydroxyl groups is 3. The minimum absolute atomic E-state index is 0.0255. The fraction of sp³-hybridized carbons (Fsp3) is 0.389. The summed E-state index contributed by atoms with van der Waals surface area (Å²) in [5.41, 5.74) is 6.20. The molecule has 3 heterocycles. The van der Waals surface area contributed by atoms with E-state index >= 15 is 0 Å². The van der Waals surface area contributed by atoms with Gasteiger partial charge >= 0.3 is 6.01 Å². The number of imidazole rings is 1. The van der Waals surface area contributed by atoms with E-state index < -0.39 is 36.7 Å². The lowest BCUT2D eigenvalue weighted by Crippen LogP contribution is -2.33. The highest BCUT2D eigenvalue weighted by Gasteiger charge is 2.45. The zero-order valence-corrected chi connectivity index (χ0v) is 15.5. The second-order valence-corrected chi connectivity index (χ2v) is 6.77. The molecule has 1 saturated heterocycles. The van der Waals surface area contributed by atoms with Crippen molar-refractivity contribution in [3.8, 4) is 6.01 Å². The van der Waals surface area contributed by atoms with E-state index in [-0.39, 0.29) is 29.7 Å². The van der Waals surface area contributed by atoms with Crippen LogP contribution >= 0.6 is 0 Å². The molecule has 1 aliphatic heterocycles. The molecule has 0 amide bonds. The number of nitrogen functional groups attached to an aromatic ring is 1. The van der Waals surface area contributed by atoms with Crippen LogP contribution in [0.15, 0.2) is 35.1 Å². The molecule has 0 saturated carbocycles. The summed E-state index contributed by atoms with van der Waals surface area (Å²) in [7, 11) is 1.46. The number of nitrogens with two attached hydrogens (primary N) is 1. The molecule has 11 heteroatoms. The molecule has 2 aromatic heterocycles. The molecule has 1 fully saturated rings. The van der Waals surface area contributed by atoms with E-state index in [1.54, 1.807) is 0 Å². The maximum Gasteiger partial charge on any atom is 0.301 e. The highest BCUT2D eigenvalue weighted by atomic mass is 16.6. The molecular formula is C18H21N5O6. The monoisotopic (exact) mass is 403 g/mol. The van der Waals surface area contributed by atoms with Crippen LogP contribution in [-0.4, -0.2) is 59.3 Å². The lowest BCUT2D eigenvalue weighted by molar-refractivity contribution is -0.0545. The second kappa shape index (κ2) is 7.44. The van der Waals surface area contributed by atoms with Gasteiger partial charge in [-0.25, -0.2) is 4.57 Å². The van der Waals surface area contributed by atoms with E-state index in [2.05, 4.69) is 9.97 Å². The maximum atomic E-state index is 12.6. The first-order chi connectivity index (χ1) is 13.9. The fourth-order valence-electron chi connectivity index (χ4n) is 3.25. The van der Waals surface area contributed by atoms with Crippen molar-refractivity contribution in [2.45, 2.75) is 31.1 Å². The Labute approximate surface area is 164 Å². The number of ether oxygens (including phenoxy) is 2. The predicted octanol–water partition coefficient (Wildman–Crippen LogP) is -1.10. The van der Waals surface area contributed by atoms with E-state index in [4.69, 9.17) is 15.2 Å². The van der Waals surface area contributed by atoms with Crippen molar-refractivity contribution in [2.75, 3.05) is 12.3 Å². The first kappa shape index (κ1) is 19.3. The summed E-state index contributed by atoms with van der Waals surface area (Å²) in [6.45, 7) is -0.367. The molecule has 0 bridgehead atoms. The largest absolute Gasteiger partial charge is 0.460 e. The Morgan fingerprint density at radius 1 is 1.21 bits per heavy atom. The van der Waals surface area contributed by atoms with Gasteiger partial charge < -0.3 is 30.5 Å². The number of hydrogen-bond acceptors (Lipinski definition) is 9. The Morgan fingerprint density at radius 3 is 2.59 bits per heavy atom. The third-order valence-electron chi connectivity index (χ3n) is 4.91. The van der Waals surface area contributed by atoms with Crippen molar-refractivity contribution in [1.82, 2.24) is 19.1 Å². The predicted molar refractivity (Wildman–Crippen MR) is 101 cm³/mol. The van der Waals surface area contributed by atoms with E-state index in [0.717, 1.165) is 10.1 Å². The lowest BCUT2D eigenvalue weighted by Gasteiger charge is -2.19. The number of hydrogen-bond donors (Lipinski definition) is 4. The molecule has 0 unspecified atom stereocenters. The smallest absolute Gasteiger partial charge is 0.301 e. The number of nitrogens with zero attached hydrogens (tertiary/aromatic N) is 4. The Hall–Kier alpha value is -2.99. The van der Waals surface area contributed by atoms with Gasteiger partial charge in [-0.15, -0.1) is 0 Å². The van der Waals surface area contributed by atoms with Crippen LogP contribution in [0.3, 0.4) is 0 Å².